The number of nitrogens with zero attached hydrogens (tertiary/aromatic N) is 2. The smallest absolute Gasteiger partial charge is 0.341 e. The lowest BCUT2D eigenvalue weighted by atomic mass is 9.81. The van der Waals surface area contributed by atoms with Crippen molar-refractivity contribution in [2.24, 2.45) is 0 Å². The molecule has 0 radical (unpaired) electrons. The minimum atomic E-state index is -0.936. The van der Waals surface area contributed by atoms with Crippen molar-refractivity contribution in [3.63, 3.8) is 0 Å². The number of carbonyl (C=O) groups is 1. The van der Waals surface area contributed by atoms with E-state index in [1.165, 1.54) is 12.4 Å². The van der Waals surface area contributed by atoms with Crippen LogP contribution in [0.4, 0.5) is 0 Å². The lowest BCUT2D eigenvalue weighted by Gasteiger charge is -2.31. The van der Waals surface area contributed by atoms with Crippen LogP contribution in [-0.4, -0.2) is 32.5 Å². The lowest BCUT2D eigenvalue weighted by Crippen LogP contribution is -2.27. The Kier molecular flexibility index (Phi) is 5.19. The molecule has 6 heteroatoms. The molecule has 0 N–H and O–H groups in total. The van der Waals surface area contributed by atoms with Crippen LogP contribution in [0.1, 0.15) is 54.5 Å². The van der Waals surface area contributed by atoms with Gasteiger partial charge >= 0.3 is 5.97 Å². The third kappa shape index (κ3) is 3.83. The average molecular weight is 368 g/mol. The third-order valence-electron chi connectivity index (χ3n) is 4.35. The number of hydrogen-bond acceptors (Lipinski definition) is 5. The predicted octanol–water partition coefficient (Wildman–Crippen LogP) is 2.84. The minimum absolute atomic E-state index is 0.0152. The van der Waals surface area contributed by atoms with Gasteiger partial charge in [0.2, 0.25) is 5.82 Å². The summed E-state index contributed by atoms with van der Waals surface area (Å²) in [5, 5.41) is 0. The number of carbonyl (C=O) groups excluding carboxylic acids is 1. The SMILES string of the molecule is CCOC(=O)c1cnc(C#Cc2ccc3c(c2)C(C)(C)CC[S@@]3=O)nc1. The van der Waals surface area contributed by atoms with Crippen molar-refractivity contribution in [3.05, 3.63) is 53.1 Å². The molecule has 0 unspecified atom stereocenters. The normalized spacial score (nSPS) is 17.6. The van der Waals surface area contributed by atoms with Crippen LogP contribution < -0.4 is 0 Å². The van der Waals surface area contributed by atoms with Crippen molar-refractivity contribution in [3.8, 4) is 11.8 Å². The van der Waals surface area contributed by atoms with Crippen molar-refractivity contribution in [2.45, 2.75) is 37.5 Å². The molecule has 1 atom stereocenters. The largest absolute Gasteiger partial charge is 0.462 e. The van der Waals surface area contributed by atoms with E-state index in [4.69, 9.17) is 4.74 Å². The standard InChI is InChI=1S/C20H20N2O3S/c1-4-25-19(23)15-12-21-18(22-13-15)8-6-14-5-7-17-16(11-14)20(2,3)9-10-26(17)24/h5,7,11-13H,4,9-10H2,1-3H3/t26-/m0/s1. The van der Waals surface area contributed by atoms with Gasteiger partial charge in [0.05, 0.1) is 23.0 Å². The third-order valence-corrected chi connectivity index (χ3v) is 5.77. The molecule has 1 aromatic heterocycles. The molecule has 5 nitrogen and oxygen atoms in total. The van der Waals surface area contributed by atoms with E-state index in [0.29, 0.717) is 23.7 Å². The van der Waals surface area contributed by atoms with Crippen molar-refractivity contribution in [1.82, 2.24) is 9.97 Å². The summed E-state index contributed by atoms with van der Waals surface area (Å²) in [4.78, 5) is 20.7. The van der Waals surface area contributed by atoms with Gasteiger partial charge in [0.1, 0.15) is 0 Å². The van der Waals surface area contributed by atoms with E-state index in [2.05, 4.69) is 35.7 Å². The van der Waals surface area contributed by atoms with Crippen LogP contribution in [0.25, 0.3) is 0 Å². The van der Waals surface area contributed by atoms with Gasteiger partial charge in [0.15, 0.2) is 0 Å². The lowest BCUT2D eigenvalue weighted by molar-refractivity contribution is 0.0525. The van der Waals surface area contributed by atoms with Gasteiger partial charge in [-0.05, 0) is 48.4 Å². The molecule has 0 aliphatic carbocycles. The fraction of sp³-hybridized carbons (Fsp3) is 0.350. The molecule has 0 spiro atoms. The van der Waals surface area contributed by atoms with E-state index in [1.54, 1.807) is 6.92 Å². The van der Waals surface area contributed by atoms with Gasteiger partial charge in [-0.3, -0.25) is 4.21 Å². The summed E-state index contributed by atoms with van der Waals surface area (Å²) in [6, 6.07) is 5.78. The van der Waals surface area contributed by atoms with Gasteiger partial charge in [-0.25, -0.2) is 14.8 Å². The molecule has 0 fully saturated rings. The van der Waals surface area contributed by atoms with Crippen LogP contribution in [0.2, 0.25) is 0 Å². The highest BCUT2D eigenvalue weighted by atomic mass is 32.2. The first-order valence-electron chi connectivity index (χ1n) is 8.45. The summed E-state index contributed by atoms with van der Waals surface area (Å²) in [5.74, 6) is 6.54. The first kappa shape index (κ1) is 18.3. The van der Waals surface area contributed by atoms with Crippen LogP contribution in [0, 0.1) is 11.8 Å². The summed E-state index contributed by atoms with van der Waals surface area (Å²) in [6.45, 7) is 6.38. The Morgan fingerprint density at radius 1 is 1.27 bits per heavy atom. The van der Waals surface area contributed by atoms with Crippen molar-refractivity contribution >= 4 is 16.8 Å². The second kappa shape index (κ2) is 7.38. The zero-order chi connectivity index (χ0) is 18.7. The zero-order valence-corrected chi connectivity index (χ0v) is 15.9. The summed E-state index contributed by atoms with van der Waals surface area (Å²) in [7, 11) is -0.936. The van der Waals surface area contributed by atoms with Crippen molar-refractivity contribution in [1.29, 1.82) is 0 Å². The fourth-order valence-corrected chi connectivity index (χ4v) is 4.48. The highest BCUT2D eigenvalue weighted by Crippen LogP contribution is 2.37. The Bertz CT molecular complexity index is 924. The molecule has 3 rings (SSSR count). The molecule has 0 amide bonds. The summed E-state index contributed by atoms with van der Waals surface area (Å²) < 4.78 is 17.1. The number of ether oxygens (including phenoxy) is 1. The quantitative estimate of drug-likeness (QED) is 0.602. The number of esters is 1. The predicted molar refractivity (Wildman–Crippen MR) is 99.3 cm³/mol. The average Bonchev–Trinajstić information content (AvgIpc) is 2.64. The van der Waals surface area contributed by atoms with Crippen LogP contribution in [0.3, 0.4) is 0 Å². The second-order valence-electron chi connectivity index (χ2n) is 6.66. The monoisotopic (exact) mass is 368 g/mol. The summed E-state index contributed by atoms with van der Waals surface area (Å²) in [6.07, 6.45) is 3.71. The van der Waals surface area contributed by atoms with Crippen LogP contribution in [0.15, 0.2) is 35.5 Å². The minimum Gasteiger partial charge on any atom is -0.462 e. The topological polar surface area (TPSA) is 69.2 Å². The van der Waals surface area contributed by atoms with Crippen LogP contribution >= 0.6 is 0 Å². The first-order valence-corrected chi connectivity index (χ1v) is 9.76. The van der Waals surface area contributed by atoms with E-state index in [0.717, 1.165) is 22.4 Å². The zero-order valence-electron chi connectivity index (χ0n) is 15.0. The van der Waals surface area contributed by atoms with E-state index in [9.17, 15) is 9.00 Å². The van der Waals surface area contributed by atoms with Gasteiger partial charge in [-0.15, -0.1) is 0 Å². The highest BCUT2D eigenvalue weighted by Gasteiger charge is 2.31. The Balaban J connectivity index is 1.85. The van der Waals surface area contributed by atoms with E-state index < -0.39 is 16.8 Å². The molecule has 1 aromatic carbocycles. The Morgan fingerprint density at radius 3 is 2.69 bits per heavy atom. The number of benzene rings is 1. The van der Waals surface area contributed by atoms with Crippen molar-refractivity contribution < 1.29 is 13.7 Å². The summed E-state index contributed by atoms with van der Waals surface area (Å²) in [5.41, 5.74) is 2.20. The highest BCUT2D eigenvalue weighted by molar-refractivity contribution is 7.85. The molecule has 0 saturated heterocycles. The molecule has 0 saturated carbocycles. The van der Waals surface area contributed by atoms with E-state index >= 15 is 0 Å². The maximum Gasteiger partial charge on any atom is 0.341 e. The molecule has 26 heavy (non-hydrogen) atoms. The molecule has 1 aliphatic heterocycles. The van der Waals surface area contributed by atoms with E-state index in [1.807, 2.05) is 18.2 Å². The number of hydrogen-bond donors (Lipinski definition) is 0. The molecule has 134 valence electrons. The first-order chi connectivity index (χ1) is 12.4. The number of fused-ring (bicyclic) bond motifs is 1. The molecule has 0 bridgehead atoms. The maximum absolute atomic E-state index is 12.2. The van der Waals surface area contributed by atoms with Gasteiger partial charge in [0.25, 0.3) is 0 Å². The molecule has 2 heterocycles. The maximum atomic E-state index is 12.2. The fourth-order valence-electron chi connectivity index (χ4n) is 2.77. The number of aromatic nitrogens is 2. The van der Waals surface area contributed by atoms with Crippen LogP contribution in [0.5, 0.6) is 0 Å². The van der Waals surface area contributed by atoms with Crippen molar-refractivity contribution in [2.75, 3.05) is 12.4 Å². The Labute approximate surface area is 155 Å². The molecule has 1 aliphatic rings. The Hall–Kier alpha value is -2.52. The van der Waals surface area contributed by atoms with E-state index in [-0.39, 0.29) is 5.41 Å². The molecular formula is C20H20N2O3S. The number of rotatable bonds is 2. The second-order valence-corrected chi connectivity index (χ2v) is 8.20. The van der Waals surface area contributed by atoms with Gasteiger partial charge < -0.3 is 4.74 Å². The van der Waals surface area contributed by atoms with Gasteiger partial charge in [0, 0.05) is 28.6 Å². The van der Waals surface area contributed by atoms with Crippen LogP contribution in [-0.2, 0) is 21.0 Å². The molecular weight excluding hydrogens is 348 g/mol. The Morgan fingerprint density at radius 2 is 2.00 bits per heavy atom. The van der Waals surface area contributed by atoms with Gasteiger partial charge in [-0.1, -0.05) is 19.8 Å². The molecule has 2 aromatic rings. The van der Waals surface area contributed by atoms with Gasteiger partial charge in [-0.2, -0.15) is 0 Å². The summed E-state index contributed by atoms with van der Waals surface area (Å²) >= 11 is 0.